The van der Waals surface area contributed by atoms with Gasteiger partial charge in [0, 0.05) is 17.7 Å². The smallest absolute Gasteiger partial charge is 0.275 e. The number of benzene rings is 3. The van der Waals surface area contributed by atoms with Gasteiger partial charge in [0.2, 0.25) is 0 Å². The fourth-order valence-electron chi connectivity index (χ4n) is 3.16. The number of rotatable bonds is 6. The molecule has 0 saturated carbocycles. The molecule has 0 fully saturated rings. The summed E-state index contributed by atoms with van der Waals surface area (Å²) in [6.45, 7) is 0. The average molecular weight is 450 g/mol. The lowest BCUT2D eigenvalue weighted by atomic mass is 10.1. The van der Waals surface area contributed by atoms with Gasteiger partial charge in [-0.25, -0.2) is 5.43 Å². The van der Waals surface area contributed by atoms with Crippen molar-refractivity contribution in [1.29, 1.82) is 0 Å². The fourth-order valence-corrected chi connectivity index (χ4v) is 3.37. The molecule has 0 unspecified atom stereocenters. The first-order valence-electron chi connectivity index (χ1n) is 9.40. The van der Waals surface area contributed by atoms with E-state index in [9.17, 15) is 14.9 Å². The van der Waals surface area contributed by atoms with E-state index in [2.05, 4.69) is 10.5 Å². The van der Waals surface area contributed by atoms with Crippen LogP contribution in [0.25, 0.3) is 22.1 Å². The first-order valence-corrected chi connectivity index (χ1v) is 9.78. The van der Waals surface area contributed by atoms with Crippen LogP contribution in [-0.4, -0.2) is 24.2 Å². The first kappa shape index (κ1) is 21.1. The molecule has 0 spiro atoms. The van der Waals surface area contributed by atoms with E-state index in [1.165, 1.54) is 31.5 Å². The average Bonchev–Trinajstić information content (AvgIpc) is 3.26. The molecule has 0 aliphatic carbocycles. The summed E-state index contributed by atoms with van der Waals surface area (Å²) < 4.78 is 11.0. The van der Waals surface area contributed by atoms with Crippen LogP contribution in [0.5, 0.6) is 5.75 Å². The standard InChI is InChI=1S/C23H16ClN3O5/c1-31-22-11-15-5-3-2-4-14(15)10-19(22)23(28)26-25-13-17-7-9-21(32-17)18-12-16(27(29)30)6-8-20(18)24/h2-13H,1H3,(H,26,28)/b25-13-. The third-order valence-electron chi connectivity index (χ3n) is 4.72. The number of amides is 1. The van der Waals surface area contributed by atoms with E-state index in [0.717, 1.165) is 10.8 Å². The molecule has 1 amide bonds. The summed E-state index contributed by atoms with van der Waals surface area (Å²) in [7, 11) is 1.49. The molecule has 32 heavy (non-hydrogen) atoms. The van der Waals surface area contributed by atoms with Crippen LogP contribution >= 0.6 is 11.6 Å². The monoisotopic (exact) mass is 449 g/mol. The predicted octanol–water partition coefficient (Wildman–Crippen LogP) is 5.43. The van der Waals surface area contributed by atoms with Crippen LogP contribution in [-0.2, 0) is 0 Å². The lowest BCUT2D eigenvalue weighted by Crippen LogP contribution is -2.18. The summed E-state index contributed by atoms with van der Waals surface area (Å²) in [5.74, 6) is 0.644. The number of nitrogens with zero attached hydrogens (tertiary/aromatic N) is 2. The van der Waals surface area contributed by atoms with E-state index in [0.29, 0.717) is 33.4 Å². The highest BCUT2D eigenvalue weighted by atomic mass is 35.5. The van der Waals surface area contributed by atoms with E-state index in [1.54, 1.807) is 24.3 Å². The zero-order valence-corrected chi connectivity index (χ0v) is 17.5. The Morgan fingerprint density at radius 3 is 2.59 bits per heavy atom. The van der Waals surface area contributed by atoms with Crippen molar-refractivity contribution in [3.8, 4) is 17.1 Å². The van der Waals surface area contributed by atoms with E-state index in [1.807, 2.05) is 24.3 Å². The zero-order chi connectivity index (χ0) is 22.7. The number of nitrogens with one attached hydrogen (secondary N) is 1. The fraction of sp³-hybridized carbons (Fsp3) is 0.0435. The van der Waals surface area contributed by atoms with Gasteiger partial charge >= 0.3 is 0 Å². The van der Waals surface area contributed by atoms with Gasteiger partial charge in [0.15, 0.2) is 0 Å². The summed E-state index contributed by atoms with van der Waals surface area (Å²) in [5.41, 5.74) is 3.06. The van der Waals surface area contributed by atoms with Crippen LogP contribution < -0.4 is 10.2 Å². The lowest BCUT2D eigenvalue weighted by molar-refractivity contribution is -0.384. The van der Waals surface area contributed by atoms with Gasteiger partial charge in [-0.15, -0.1) is 0 Å². The van der Waals surface area contributed by atoms with Crippen molar-refractivity contribution in [3.63, 3.8) is 0 Å². The molecule has 4 rings (SSSR count). The minimum absolute atomic E-state index is 0.104. The third-order valence-corrected chi connectivity index (χ3v) is 5.05. The van der Waals surface area contributed by atoms with E-state index in [4.69, 9.17) is 20.8 Å². The molecule has 1 heterocycles. The highest BCUT2D eigenvalue weighted by Gasteiger charge is 2.15. The van der Waals surface area contributed by atoms with Crippen LogP contribution in [0.1, 0.15) is 16.1 Å². The number of nitro groups is 1. The molecule has 160 valence electrons. The molecule has 0 bridgehead atoms. The van der Waals surface area contributed by atoms with Gasteiger partial charge in [-0.3, -0.25) is 14.9 Å². The number of carbonyl (C=O) groups excluding carboxylic acids is 1. The minimum Gasteiger partial charge on any atom is -0.496 e. The Morgan fingerprint density at radius 2 is 1.88 bits per heavy atom. The maximum Gasteiger partial charge on any atom is 0.275 e. The normalized spacial score (nSPS) is 11.1. The number of halogens is 1. The summed E-state index contributed by atoms with van der Waals surface area (Å²) >= 11 is 6.14. The van der Waals surface area contributed by atoms with Gasteiger partial charge in [0.1, 0.15) is 17.3 Å². The van der Waals surface area contributed by atoms with Gasteiger partial charge in [-0.05, 0) is 41.1 Å². The molecule has 1 aromatic heterocycles. The van der Waals surface area contributed by atoms with Crippen LogP contribution in [0, 0.1) is 10.1 Å². The number of hydrazone groups is 1. The maximum absolute atomic E-state index is 12.6. The molecule has 1 N–H and O–H groups in total. The summed E-state index contributed by atoms with van der Waals surface area (Å²) in [6.07, 6.45) is 1.32. The highest BCUT2D eigenvalue weighted by molar-refractivity contribution is 6.33. The molecular formula is C23H16ClN3O5. The number of hydrogen-bond donors (Lipinski definition) is 1. The number of fused-ring (bicyclic) bond motifs is 1. The second kappa shape index (κ2) is 8.91. The Labute approximate surface area is 187 Å². The second-order valence-electron chi connectivity index (χ2n) is 6.72. The molecule has 0 saturated heterocycles. The first-order chi connectivity index (χ1) is 15.5. The van der Waals surface area contributed by atoms with Gasteiger partial charge in [0.25, 0.3) is 11.6 Å². The Kier molecular flexibility index (Phi) is 5.87. The van der Waals surface area contributed by atoms with Gasteiger partial charge < -0.3 is 9.15 Å². The molecule has 0 radical (unpaired) electrons. The Hall–Kier alpha value is -4.17. The zero-order valence-electron chi connectivity index (χ0n) is 16.7. The van der Waals surface area contributed by atoms with Crippen molar-refractivity contribution in [3.05, 3.63) is 93.2 Å². The van der Waals surface area contributed by atoms with Crippen LogP contribution in [0.4, 0.5) is 5.69 Å². The Bertz CT molecular complexity index is 1360. The van der Waals surface area contributed by atoms with E-state index < -0.39 is 10.8 Å². The molecule has 8 nitrogen and oxygen atoms in total. The topological polar surface area (TPSA) is 107 Å². The second-order valence-corrected chi connectivity index (χ2v) is 7.13. The van der Waals surface area contributed by atoms with E-state index >= 15 is 0 Å². The summed E-state index contributed by atoms with van der Waals surface area (Å²) in [6, 6.07) is 18.4. The predicted molar refractivity (Wildman–Crippen MR) is 121 cm³/mol. The lowest BCUT2D eigenvalue weighted by Gasteiger charge is -2.09. The van der Waals surface area contributed by atoms with Gasteiger partial charge in [-0.2, -0.15) is 5.10 Å². The number of ether oxygens (including phenoxy) is 1. The van der Waals surface area contributed by atoms with Crippen molar-refractivity contribution in [2.45, 2.75) is 0 Å². The van der Waals surface area contributed by atoms with Crippen molar-refractivity contribution in [1.82, 2.24) is 5.43 Å². The highest BCUT2D eigenvalue weighted by Crippen LogP contribution is 2.32. The molecule has 3 aromatic carbocycles. The van der Waals surface area contributed by atoms with Crippen molar-refractivity contribution in [2.24, 2.45) is 5.10 Å². The molecule has 0 aliphatic heterocycles. The van der Waals surface area contributed by atoms with Crippen molar-refractivity contribution < 1.29 is 18.9 Å². The third kappa shape index (κ3) is 4.30. The van der Waals surface area contributed by atoms with Crippen LogP contribution in [0.3, 0.4) is 0 Å². The Balaban J connectivity index is 1.52. The quantitative estimate of drug-likeness (QED) is 0.240. The van der Waals surface area contributed by atoms with Crippen molar-refractivity contribution in [2.75, 3.05) is 7.11 Å². The SMILES string of the molecule is COc1cc2ccccc2cc1C(=O)N/N=C\c1ccc(-c2cc([N+](=O)[O-])ccc2Cl)o1. The van der Waals surface area contributed by atoms with Gasteiger partial charge in [0.05, 0.1) is 28.8 Å². The molecule has 4 aromatic rings. The number of non-ortho nitro benzene ring substituents is 1. The summed E-state index contributed by atoms with van der Waals surface area (Å²) in [4.78, 5) is 23.1. The molecular weight excluding hydrogens is 434 g/mol. The van der Waals surface area contributed by atoms with Gasteiger partial charge in [-0.1, -0.05) is 35.9 Å². The van der Waals surface area contributed by atoms with Crippen molar-refractivity contribution >= 4 is 40.2 Å². The number of furan rings is 1. The molecule has 0 atom stereocenters. The van der Waals surface area contributed by atoms with E-state index in [-0.39, 0.29) is 5.69 Å². The minimum atomic E-state index is -0.512. The number of hydrogen-bond acceptors (Lipinski definition) is 6. The van der Waals surface area contributed by atoms with Crippen LogP contribution in [0.15, 0.2) is 76.2 Å². The molecule has 0 aliphatic rings. The maximum atomic E-state index is 12.6. The summed E-state index contributed by atoms with van der Waals surface area (Å²) in [5, 5.41) is 17.1. The Morgan fingerprint density at radius 1 is 1.12 bits per heavy atom. The number of methoxy groups -OCH3 is 1. The number of carbonyl (C=O) groups is 1. The largest absolute Gasteiger partial charge is 0.496 e. The van der Waals surface area contributed by atoms with Crippen LogP contribution in [0.2, 0.25) is 5.02 Å². The molecule has 9 heteroatoms. The number of nitro benzene ring substituents is 1.